The molecule has 1 saturated heterocycles. The van der Waals surface area contributed by atoms with Gasteiger partial charge in [-0.1, -0.05) is 30.3 Å². The van der Waals surface area contributed by atoms with E-state index in [0.29, 0.717) is 11.1 Å². The molecule has 2 nitrogen and oxygen atoms in total. The van der Waals surface area contributed by atoms with Gasteiger partial charge in [0.05, 0.1) is 12.3 Å². The number of rotatable bonds is 3. The maximum absolute atomic E-state index is 5.90. The Bertz CT molecular complexity index is 380. The van der Waals surface area contributed by atoms with E-state index >= 15 is 0 Å². The molecule has 0 atom stereocenters. The van der Waals surface area contributed by atoms with Crippen molar-refractivity contribution in [1.82, 2.24) is 4.90 Å². The van der Waals surface area contributed by atoms with E-state index in [4.69, 9.17) is 16.3 Å². The summed E-state index contributed by atoms with van der Waals surface area (Å²) in [4.78, 5) is 2.14. The van der Waals surface area contributed by atoms with Crippen molar-refractivity contribution >= 4 is 11.6 Å². The Kier molecular flexibility index (Phi) is 3.95. The minimum atomic E-state index is 0.633. The van der Waals surface area contributed by atoms with Gasteiger partial charge in [0.15, 0.2) is 0 Å². The minimum absolute atomic E-state index is 0.633. The quantitative estimate of drug-likeness (QED) is 0.762. The van der Waals surface area contributed by atoms with E-state index in [9.17, 15) is 0 Å². The van der Waals surface area contributed by atoms with Gasteiger partial charge >= 0.3 is 0 Å². The van der Waals surface area contributed by atoms with Gasteiger partial charge in [-0.05, 0) is 36.5 Å². The SMILES string of the molecule is C=C(Cl)N1CCC(c2ccc(OC)cc2)CC1. The molecule has 0 saturated carbocycles. The van der Waals surface area contributed by atoms with Crippen LogP contribution in [-0.4, -0.2) is 25.1 Å². The van der Waals surface area contributed by atoms with Gasteiger partial charge in [0.1, 0.15) is 5.75 Å². The van der Waals surface area contributed by atoms with Crippen LogP contribution in [0.15, 0.2) is 36.0 Å². The lowest BCUT2D eigenvalue weighted by Gasteiger charge is -2.32. The highest BCUT2D eigenvalue weighted by molar-refractivity contribution is 6.28. The molecule has 0 aromatic heterocycles. The Balaban J connectivity index is 1.97. The topological polar surface area (TPSA) is 12.5 Å². The highest BCUT2D eigenvalue weighted by atomic mass is 35.5. The molecule has 1 aromatic rings. The van der Waals surface area contributed by atoms with Crippen LogP contribution in [0.25, 0.3) is 0 Å². The Hall–Kier alpha value is -1.15. The summed E-state index contributed by atoms with van der Waals surface area (Å²) in [6.45, 7) is 5.77. The largest absolute Gasteiger partial charge is 0.497 e. The molecule has 1 aliphatic rings. The zero-order valence-corrected chi connectivity index (χ0v) is 10.9. The third-order valence-electron chi connectivity index (χ3n) is 3.43. The van der Waals surface area contributed by atoms with Crippen LogP contribution in [0, 0.1) is 0 Å². The van der Waals surface area contributed by atoms with Gasteiger partial charge in [0.2, 0.25) is 0 Å². The lowest BCUT2D eigenvalue weighted by molar-refractivity contribution is 0.277. The highest BCUT2D eigenvalue weighted by Crippen LogP contribution is 2.30. The first kappa shape index (κ1) is 12.3. The van der Waals surface area contributed by atoms with E-state index in [1.165, 1.54) is 5.56 Å². The molecule has 0 amide bonds. The average Bonchev–Trinajstić information content (AvgIpc) is 2.39. The van der Waals surface area contributed by atoms with E-state index in [2.05, 4.69) is 23.6 Å². The van der Waals surface area contributed by atoms with Gasteiger partial charge in [0.25, 0.3) is 0 Å². The number of likely N-dealkylation sites (tertiary alicyclic amines) is 1. The first-order chi connectivity index (χ1) is 8.20. The van der Waals surface area contributed by atoms with Crippen LogP contribution in [0.4, 0.5) is 0 Å². The summed E-state index contributed by atoms with van der Waals surface area (Å²) in [6, 6.07) is 8.38. The van der Waals surface area contributed by atoms with Crippen LogP contribution in [-0.2, 0) is 0 Å². The van der Waals surface area contributed by atoms with Gasteiger partial charge in [-0.3, -0.25) is 0 Å². The van der Waals surface area contributed by atoms with Gasteiger partial charge in [0, 0.05) is 13.1 Å². The predicted octanol–water partition coefficient (Wildman–Crippen LogP) is 3.58. The minimum Gasteiger partial charge on any atom is -0.497 e. The predicted molar refractivity (Wildman–Crippen MR) is 71.5 cm³/mol. The van der Waals surface area contributed by atoms with Gasteiger partial charge in [-0.2, -0.15) is 0 Å². The Morgan fingerprint density at radius 3 is 2.35 bits per heavy atom. The monoisotopic (exact) mass is 251 g/mol. The first-order valence-corrected chi connectivity index (χ1v) is 6.32. The average molecular weight is 252 g/mol. The normalized spacial score (nSPS) is 16.9. The third kappa shape index (κ3) is 2.95. The van der Waals surface area contributed by atoms with E-state index in [-0.39, 0.29) is 0 Å². The van der Waals surface area contributed by atoms with Gasteiger partial charge < -0.3 is 9.64 Å². The molecule has 1 aliphatic heterocycles. The molecule has 1 heterocycles. The lowest BCUT2D eigenvalue weighted by atomic mass is 9.89. The number of ether oxygens (including phenoxy) is 1. The second-order valence-electron chi connectivity index (χ2n) is 4.41. The molecule has 3 heteroatoms. The van der Waals surface area contributed by atoms with E-state index in [1.807, 2.05) is 12.1 Å². The van der Waals surface area contributed by atoms with Crippen molar-refractivity contribution in [3.63, 3.8) is 0 Å². The Morgan fingerprint density at radius 2 is 1.88 bits per heavy atom. The maximum Gasteiger partial charge on any atom is 0.118 e. The molecule has 17 heavy (non-hydrogen) atoms. The fraction of sp³-hybridized carbons (Fsp3) is 0.429. The molecule has 92 valence electrons. The molecular formula is C14H18ClNO. The molecule has 0 spiro atoms. The summed E-state index contributed by atoms with van der Waals surface area (Å²) < 4.78 is 5.17. The van der Waals surface area contributed by atoms with Crippen molar-refractivity contribution in [2.24, 2.45) is 0 Å². The van der Waals surface area contributed by atoms with Crippen LogP contribution in [0.3, 0.4) is 0 Å². The molecule has 0 N–H and O–H groups in total. The third-order valence-corrected chi connectivity index (χ3v) is 3.66. The second kappa shape index (κ2) is 5.46. The number of halogens is 1. The first-order valence-electron chi connectivity index (χ1n) is 5.94. The number of hydrogen-bond donors (Lipinski definition) is 0. The van der Waals surface area contributed by atoms with Crippen molar-refractivity contribution in [2.45, 2.75) is 18.8 Å². The summed E-state index contributed by atoms with van der Waals surface area (Å²) >= 11 is 5.90. The van der Waals surface area contributed by atoms with Crippen molar-refractivity contribution in [3.8, 4) is 5.75 Å². The van der Waals surface area contributed by atoms with Crippen LogP contribution >= 0.6 is 11.6 Å². The number of nitrogens with zero attached hydrogens (tertiary/aromatic N) is 1. The lowest BCUT2D eigenvalue weighted by Crippen LogP contribution is -2.30. The molecule has 1 aromatic carbocycles. The highest BCUT2D eigenvalue weighted by Gasteiger charge is 2.20. The molecule has 2 rings (SSSR count). The van der Waals surface area contributed by atoms with Crippen LogP contribution in [0.2, 0.25) is 0 Å². The van der Waals surface area contributed by atoms with Crippen molar-refractivity contribution < 1.29 is 4.74 Å². The fourth-order valence-electron chi connectivity index (χ4n) is 2.33. The summed E-state index contributed by atoms with van der Waals surface area (Å²) in [5.74, 6) is 1.55. The molecule has 0 unspecified atom stereocenters. The maximum atomic E-state index is 5.90. The van der Waals surface area contributed by atoms with Crippen LogP contribution < -0.4 is 4.74 Å². The zero-order valence-electron chi connectivity index (χ0n) is 10.2. The summed E-state index contributed by atoms with van der Waals surface area (Å²) in [5.41, 5.74) is 1.39. The zero-order chi connectivity index (χ0) is 12.3. The van der Waals surface area contributed by atoms with Gasteiger partial charge in [-0.15, -0.1) is 0 Å². The van der Waals surface area contributed by atoms with Gasteiger partial charge in [-0.25, -0.2) is 0 Å². The standard InChI is InChI=1S/C14H18ClNO/c1-11(15)16-9-7-13(8-10-16)12-3-5-14(17-2)6-4-12/h3-6,13H,1,7-10H2,2H3. The summed E-state index contributed by atoms with van der Waals surface area (Å²) in [5, 5.41) is 0.665. The smallest absolute Gasteiger partial charge is 0.118 e. The molecule has 1 fully saturated rings. The summed E-state index contributed by atoms with van der Waals surface area (Å²) in [7, 11) is 1.69. The van der Waals surface area contributed by atoms with E-state index < -0.39 is 0 Å². The van der Waals surface area contributed by atoms with Crippen molar-refractivity contribution in [2.75, 3.05) is 20.2 Å². The van der Waals surface area contributed by atoms with Crippen molar-refractivity contribution in [1.29, 1.82) is 0 Å². The number of piperidine rings is 1. The fourth-order valence-corrected chi connectivity index (χ4v) is 2.50. The van der Waals surface area contributed by atoms with Crippen LogP contribution in [0.5, 0.6) is 5.75 Å². The Morgan fingerprint density at radius 1 is 1.29 bits per heavy atom. The van der Waals surface area contributed by atoms with E-state index in [1.54, 1.807) is 7.11 Å². The van der Waals surface area contributed by atoms with E-state index in [0.717, 1.165) is 31.7 Å². The molecule has 0 bridgehead atoms. The second-order valence-corrected chi connectivity index (χ2v) is 4.85. The van der Waals surface area contributed by atoms with Crippen molar-refractivity contribution in [3.05, 3.63) is 41.6 Å². The number of hydrogen-bond acceptors (Lipinski definition) is 2. The number of benzene rings is 1. The van der Waals surface area contributed by atoms with Crippen LogP contribution in [0.1, 0.15) is 24.3 Å². The Labute approximate surface area is 108 Å². The summed E-state index contributed by atoms with van der Waals surface area (Å²) in [6.07, 6.45) is 2.27. The number of methoxy groups -OCH3 is 1. The molecule has 0 radical (unpaired) electrons. The molecule has 0 aliphatic carbocycles. The molecular weight excluding hydrogens is 234 g/mol.